The number of fused-ring (bicyclic) bond motifs is 1. The normalized spacial score (nSPS) is 33.6. The SMILES string of the molecule is CC(=O)OCC1C=CC2C(C(=O)O)C(OC(C)=O)OC(OC3OC(COC(C)=O)C(OC(C)=O)C(OC(C)=O)C3OC(C)=O)C12. The summed E-state index contributed by atoms with van der Waals surface area (Å²) < 4.78 is 49.7. The number of hydrogen-bond donors (Lipinski definition) is 1. The highest BCUT2D eigenvalue weighted by molar-refractivity contribution is 5.73. The monoisotopic (exact) mass is 644 g/mol. The van der Waals surface area contributed by atoms with Gasteiger partial charge in [0.2, 0.25) is 12.6 Å². The van der Waals surface area contributed by atoms with Gasteiger partial charge in [0, 0.05) is 59.3 Å². The van der Waals surface area contributed by atoms with Crippen LogP contribution in [0.3, 0.4) is 0 Å². The number of allylic oxidation sites excluding steroid dienone is 1. The summed E-state index contributed by atoms with van der Waals surface area (Å²) in [4.78, 5) is 83.8. The summed E-state index contributed by atoms with van der Waals surface area (Å²) in [6, 6.07) is 0. The van der Waals surface area contributed by atoms with Gasteiger partial charge in [0.1, 0.15) is 18.6 Å². The van der Waals surface area contributed by atoms with Crippen LogP contribution in [0, 0.1) is 23.7 Å². The van der Waals surface area contributed by atoms with Crippen molar-refractivity contribution in [2.24, 2.45) is 23.7 Å². The fourth-order valence-electron chi connectivity index (χ4n) is 5.52. The van der Waals surface area contributed by atoms with Crippen molar-refractivity contribution >= 4 is 41.8 Å². The maximum Gasteiger partial charge on any atom is 0.313 e. The van der Waals surface area contributed by atoms with E-state index in [1.165, 1.54) is 6.92 Å². The first-order valence-electron chi connectivity index (χ1n) is 13.9. The number of carboxylic acids is 1. The molecular weight excluding hydrogens is 608 g/mol. The highest BCUT2D eigenvalue weighted by Gasteiger charge is 2.58. The highest BCUT2D eigenvalue weighted by atomic mass is 16.8. The van der Waals surface area contributed by atoms with Crippen LogP contribution in [0.1, 0.15) is 41.5 Å². The van der Waals surface area contributed by atoms with Crippen molar-refractivity contribution in [1.82, 2.24) is 0 Å². The van der Waals surface area contributed by atoms with Gasteiger partial charge in [0.05, 0.1) is 6.61 Å². The molecule has 11 unspecified atom stereocenters. The molecule has 0 radical (unpaired) electrons. The number of hydrogen-bond acceptors (Lipinski definition) is 16. The average molecular weight is 645 g/mol. The summed E-state index contributed by atoms with van der Waals surface area (Å²) in [5.41, 5.74) is 0. The van der Waals surface area contributed by atoms with E-state index >= 15 is 0 Å². The lowest BCUT2D eigenvalue weighted by Crippen LogP contribution is -2.64. The van der Waals surface area contributed by atoms with Crippen LogP contribution in [0.25, 0.3) is 0 Å². The van der Waals surface area contributed by atoms with Gasteiger partial charge in [-0.15, -0.1) is 0 Å². The summed E-state index contributed by atoms with van der Waals surface area (Å²) >= 11 is 0. The van der Waals surface area contributed by atoms with Crippen molar-refractivity contribution in [3.05, 3.63) is 12.2 Å². The van der Waals surface area contributed by atoms with E-state index in [2.05, 4.69) is 0 Å². The number of ether oxygens (including phenoxy) is 9. The summed E-state index contributed by atoms with van der Waals surface area (Å²) in [6.07, 6.45) is -7.62. The van der Waals surface area contributed by atoms with Gasteiger partial charge in [0.25, 0.3) is 0 Å². The predicted octanol–water partition coefficient (Wildman–Crippen LogP) is 0.0139. The maximum absolute atomic E-state index is 12.3. The Kier molecular flexibility index (Phi) is 12.0. The number of aliphatic carboxylic acids is 1. The van der Waals surface area contributed by atoms with Crippen molar-refractivity contribution in [3.63, 3.8) is 0 Å². The van der Waals surface area contributed by atoms with Gasteiger partial charge < -0.3 is 47.7 Å². The maximum atomic E-state index is 12.3. The lowest BCUT2D eigenvalue weighted by Gasteiger charge is -2.48. The number of carboxylic acid groups (broad SMARTS) is 1. The van der Waals surface area contributed by atoms with Crippen molar-refractivity contribution in [2.75, 3.05) is 13.2 Å². The van der Waals surface area contributed by atoms with Crippen LogP contribution in [0.4, 0.5) is 0 Å². The van der Waals surface area contributed by atoms with Crippen molar-refractivity contribution in [2.45, 2.75) is 84.8 Å². The second-order valence-corrected chi connectivity index (χ2v) is 10.6. The minimum absolute atomic E-state index is 0.195. The molecule has 2 saturated heterocycles. The summed E-state index contributed by atoms with van der Waals surface area (Å²) in [6.45, 7) is 5.80. The third-order valence-electron chi connectivity index (χ3n) is 7.07. The molecule has 0 aromatic carbocycles. The van der Waals surface area contributed by atoms with Gasteiger partial charge in [-0.25, -0.2) is 0 Å². The Bertz CT molecular complexity index is 1200. The summed E-state index contributed by atoms with van der Waals surface area (Å²) in [5, 5.41) is 10.0. The molecule has 1 N–H and O–H groups in total. The molecule has 3 rings (SSSR count). The lowest BCUT2D eigenvalue weighted by atomic mass is 9.77. The fraction of sp³-hybridized carbons (Fsp3) is 0.679. The molecule has 17 heteroatoms. The Labute approximate surface area is 257 Å². The van der Waals surface area contributed by atoms with E-state index in [1.54, 1.807) is 12.2 Å². The topological polar surface area (TPSA) is 223 Å². The van der Waals surface area contributed by atoms with E-state index < -0.39 is 115 Å². The first-order valence-corrected chi connectivity index (χ1v) is 13.9. The average Bonchev–Trinajstić information content (AvgIpc) is 3.32. The zero-order valence-corrected chi connectivity index (χ0v) is 25.4. The quantitative estimate of drug-likeness (QED) is 0.178. The molecule has 2 heterocycles. The second-order valence-electron chi connectivity index (χ2n) is 10.6. The molecule has 2 fully saturated rings. The van der Waals surface area contributed by atoms with Gasteiger partial charge in [-0.3, -0.25) is 33.6 Å². The molecule has 1 aliphatic carbocycles. The Balaban J connectivity index is 2.07. The number of carbonyl (C=O) groups excluding carboxylic acids is 6. The van der Waals surface area contributed by atoms with Crippen LogP contribution >= 0.6 is 0 Å². The van der Waals surface area contributed by atoms with Crippen molar-refractivity contribution in [1.29, 1.82) is 0 Å². The van der Waals surface area contributed by atoms with Gasteiger partial charge in [-0.2, -0.15) is 0 Å². The Morgan fingerprint density at radius 1 is 0.600 bits per heavy atom. The van der Waals surface area contributed by atoms with Crippen molar-refractivity contribution < 1.29 is 81.3 Å². The van der Waals surface area contributed by atoms with Crippen LogP contribution in [0.2, 0.25) is 0 Å². The van der Waals surface area contributed by atoms with Gasteiger partial charge >= 0.3 is 41.8 Å². The second kappa shape index (κ2) is 15.3. The molecule has 0 aromatic heterocycles. The van der Waals surface area contributed by atoms with Gasteiger partial charge in [-0.1, -0.05) is 12.2 Å². The highest BCUT2D eigenvalue weighted by Crippen LogP contribution is 2.47. The molecule has 17 nitrogen and oxygen atoms in total. The minimum atomic E-state index is -1.69. The Morgan fingerprint density at radius 2 is 1.13 bits per heavy atom. The number of esters is 6. The van der Waals surface area contributed by atoms with E-state index in [4.69, 9.17) is 42.6 Å². The third kappa shape index (κ3) is 9.21. The molecule has 2 aliphatic heterocycles. The van der Waals surface area contributed by atoms with Gasteiger partial charge in [-0.05, 0) is 0 Å². The molecular formula is C28H36O17. The predicted molar refractivity (Wildman–Crippen MR) is 141 cm³/mol. The van der Waals surface area contributed by atoms with E-state index in [0.717, 1.165) is 34.6 Å². The summed E-state index contributed by atoms with van der Waals surface area (Å²) in [5.74, 6) is -9.92. The van der Waals surface area contributed by atoms with Gasteiger partial charge in [0.15, 0.2) is 24.6 Å². The molecule has 11 atom stereocenters. The molecule has 0 spiro atoms. The molecule has 0 aromatic rings. The van der Waals surface area contributed by atoms with E-state index in [0.29, 0.717) is 0 Å². The lowest BCUT2D eigenvalue weighted by molar-refractivity contribution is -0.379. The molecule has 0 amide bonds. The zero-order chi connectivity index (χ0) is 33.6. The third-order valence-corrected chi connectivity index (χ3v) is 7.07. The largest absolute Gasteiger partial charge is 0.481 e. The van der Waals surface area contributed by atoms with E-state index in [1.807, 2.05) is 0 Å². The number of carbonyl (C=O) groups is 7. The summed E-state index contributed by atoms with van der Waals surface area (Å²) in [7, 11) is 0. The van der Waals surface area contributed by atoms with Crippen LogP contribution < -0.4 is 0 Å². The van der Waals surface area contributed by atoms with Crippen molar-refractivity contribution in [3.8, 4) is 0 Å². The minimum Gasteiger partial charge on any atom is -0.481 e. The zero-order valence-electron chi connectivity index (χ0n) is 25.4. The smallest absolute Gasteiger partial charge is 0.313 e. The molecule has 0 bridgehead atoms. The molecule has 45 heavy (non-hydrogen) atoms. The first-order chi connectivity index (χ1) is 21.1. The number of rotatable bonds is 11. The first kappa shape index (κ1) is 35.4. The Morgan fingerprint density at radius 3 is 1.67 bits per heavy atom. The molecule has 0 saturated carbocycles. The van der Waals surface area contributed by atoms with Crippen LogP contribution in [-0.2, 0) is 76.2 Å². The molecule has 3 aliphatic rings. The Hall–Kier alpha value is -4.09. The fourth-order valence-corrected chi connectivity index (χ4v) is 5.52. The van der Waals surface area contributed by atoms with Crippen LogP contribution in [0.5, 0.6) is 0 Å². The standard InChI is InChI=1S/C28H36O17/c1-11(29)37-9-17-7-8-18-20(17)26(44-27(42-16(6)34)21(18)25(35)36)45-28-24(41-15(5)33)23(40-14(4)32)22(39-13(3)31)19(43-28)10-38-12(2)30/h7-8,17-24,26-28H,9-10H2,1-6H3,(H,35,36). The van der Waals surface area contributed by atoms with Crippen LogP contribution in [0.15, 0.2) is 12.2 Å². The molecule has 250 valence electrons. The van der Waals surface area contributed by atoms with Crippen LogP contribution in [-0.4, -0.2) is 103 Å². The van der Waals surface area contributed by atoms with E-state index in [-0.39, 0.29) is 6.61 Å². The van der Waals surface area contributed by atoms with E-state index in [9.17, 15) is 38.7 Å².